The zero-order valence-corrected chi connectivity index (χ0v) is 18.0. The van der Waals surface area contributed by atoms with Crippen molar-refractivity contribution in [3.8, 4) is 0 Å². The van der Waals surface area contributed by atoms with Crippen LogP contribution in [0.5, 0.6) is 0 Å². The molecular formula is C22H22BN5O5. The van der Waals surface area contributed by atoms with Crippen LogP contribution < -0.4 is 16.5 Å². The third kappa shape index (κ3) is 4.66. The quantitative estimate of drug-likeness (QED) is 0.416. The molecule has 4 rings (SSSR count). The zero-order valence-electron chi connectivity index (χ0n) is 18.0. The molecule has 1 aromatic carbocycles. The summed E-state index contributed by atoms with van der Waals surface area (Å²) in [5.74, 6) is -1.36. The Morgan fingerprint density at radius 1 is 1.21 bits per heavy atom. The first-order valence-electron chi connectivity index (χ1n) is 10.5. The second-order valence-corrected chi connectivity index (χ2v) is 7.80. The molecule has 0 saturated carbocycles. The molecule has 0 spiro atoms. The van der Waals surface area contributed by atoms with Gasteiger partial charge in [0.1, 0.15) is 7.85 Å². The summed E-state index contributed by atoms with van der Waals surface area (Å²) in [5, 5.41) is 2.57. The Morgan fingerprint density at radius 3 is 2.67 bits per heavy atom. The largest absolute Gasteiger partial charge is 0.465 e. The average molecular weight is 447 g/mol. The summed E-state index contributed by atoms with van der Waals surface area (Å²) in [4.78, 5) is 57.8. The number of piperidine rings is 1. The summed E-state index contributed by atoms with van der Waals surface area (Å²) < 4.78 is 6.36. The molecule has 3 heterocycles. The second kappa shape index (κ2) is 9.31. The normalized spacial score (nSPS) is 14.3. The first-order valence-corrected chi connectivity index (χ1v) is 10.5. The second-order valence-electron chi connectivity index (χ2n) is 7.80. The first-order chi connectivity index (χ1) is 15.9. The number of nitrogens with zero attached hydrogens (tertiary/aromatic N) is 3. The molecule has 2 aromatic heterocycles. The predicted molar refractivity (Wildman–Crippen MR) is 121 cm³/mol. The van der Waals surface area contributed by atoms with Crippen molar-refractivity contribution in [3.05, 3.63) is 58.1 Å². The highest BCUT2D eigenvalue weighted by molar-refractivity contribution is 6.33. The minimum Gasteiger partial charge on any atom is -0.465 e. The Balaban J connectivity index is 1.35. The SMILES string of the molecule is [B]c1cc(C(=O)NCC(=O)N2CCC(n3c(=O)[nH]c4ncccc43)CC2)cc(C(=O)OC)c1. The summed E-state index contributed by atoms with van der Waals surface area (Å²) in [5.41, 5.74) is 1.62. The number of ether oxygens (including phenoxy) is 1. The number of hydrogen-bond acceptors (Lipinski definition) is 6. The van der Waals surface area contributed by atoms with Gasteiger partial charge in [0, 0.05) is 30.9 Å². The number of likely N-dealkylation sites (tertiary alicyclic amines) is 1. The van der Waals surface area contributed by atoms with Gasteiger partial charge in [0.25, 0.3) is 5.91 Å². The Kier molecular flexibility index (Phi) is 6.30. The van der Waals surface area contributed by atoms with Gasteiger partial charge in [-0.2, -0.15) is 0 Å². The van der Waals surface area contributed by atoms with Crippen LogP contribution in [0.25, 0.3) is 11.2 Å². The molecule has 1 aliphatic heterocycles. The van der Waals surface area contributed by atoms with Gasteiger partial charge in [-0.15, -0.1) is 0 Å². The van der Waals surface area contributed by atoms with Gasteiger partial charge in [-0.3, -0.25) is 19.1 Å². The smallest absolute Gasteiger partial charge is 0.337 e. The molecule has 0 unspecified atom stereocenters. The van der Waals surface area contributed by atoms with Gasteiger partial charge >= 0.3 is 11.7 Å². The number of methoxy groups -OCH3 is 1. The number of esters is 1. The van der Waals surface area contributed by atoms with Crippen LogP contribution in [0.1, 0.15) is 39.6 Å². The van der Waals surface area contributed by atoms with E-state index in [4.69, 9.17) is 7.85 Å². The number of nitrogens with one attached hydrogen (secondary N) is 2. The van der Waals surface area contributed by atoms with Gasteiger partial charge in [0.15, 0.2) is 5.65 Å². The van der Waals surface area contributed by atoms with Gasteiger partial charge in [-0.1, -0.05) is 17.6 Å². The van der Waals surface area contributed by atoms with Crippen molar-refractivity contribution in [2.45, 2.75) is 18.9 Å². The van der Waals surface area contributed by atoms with Crippen LogP contribution in [0, 0.1) is 0 Å². The standard InChI is InChI=1S/C22H22BN5O5/c1-33-21(31)14-9-13(10-15(23)11-14)20(30)25-12-18(29)27-7-4-16(5-8-27)28-17-3-2-6-24-19(17)26-22(28)32/h2-3,6,9-11,16H,4-5,7-8,12H2,1H3,(H,25,30)(H,24,26,32). The topological polar surface area (TPSA) is 126 Å². The number of imidazole rings is 1. The van der Waals surface area contributed by atoms with Gasteiger partial charge in [0.2, 0.25) is 5.91 Å². The average Bonchev–Trinajstić information content (AvgIpc) is 3.17. The Labute approximate surface area is 190 Å². The maximum atomic E-state index is 12.6. The fourth-order valence-electron chi connectivity index (χ4n) is 4.08. The molecule has 0 bridgehead atoms. The molecule has 33 heavy (non-hydrogen) atoms. The molecule has 168 valence electrons. The minimum atomic E-state index is -0.611. The van der Waals surface area contributed by atoms with Crippen molar-refractivity contribution < 1.29 is 19.1 Å². The molecule has 1 aliphatic rings. The lowest BCUT2D eigenvalue weighted by atomic mass is 9.92. The summed E-state index contributed by atoms with van der Waals surface area (Å²) in [6.07, 6.45) is 2.84. The van der Waals surface area contributed by atoms with E-state index in [-0.39, 0.29) is 40.8 Å². The molecule has 2 amide bonds. The predicted octanol–water partition coefficient (Wildman–Crippen LogP) is -0.101. The van der Waals surface area contributed by atoms with Crippen LogP contribution >= 0.6 is 0 Å². The number of amides is 2. The fraction of sp³-hybridized carbons (Fsp3) is 0.318. The van der Waals surface area contributed by atoms with E-state index < -0.39 is 11.9 Å². The van der Waals surface area contributed by atoms with Gasteiger partial charge in [0.05, 0.1) is 24.7 Å². The van der Waals surface area contributed by atoms with Crippen LogP contribution in [-0.4, -0.2) is 71.8 Å². The van der Waals surface area contributed by atoms with Crippen LogP contribution in [0.15, 0.2) is 41.3 Å². The molecule has 2 N–H and O–H groups in total. The molecule has 0 atom stereocenters. The van der Waals surface area contributed by atoms with Gasteiger partial charge < -0.3 is 15.0 Å². The number of aromatic nitrogens is 3. The highest BCUT2D eigenvalue weighted by Gasteiger charge is 2.26. The third-order valence-corrected chi connectivity index (χ3v) is 5.71. The van der Waals surface area contributed by atoms with E-state index in [1.807, 2.05) is 6.07 Å². The molecule has 3 aromatic rings. The maximum absolute atomic E-state index is 12.6. The lowest BCUT2D eigenvalue weighted by molar-refractivity contribution is -0.131. The van der Waals surface area contributed by atoms with Gasteiger partial charge in [-0.25, -0.2) is 14.6 Å². The number of benzene rings is 1. The van der Waals surface area contributed by atoms with Crippen molar-refractivity contribution in [2.75, 3.05) is 26.7 Å². The molecule has 10 nitrogen and oxygen atoms in total. The van der Waals surface area contributed by atoms with Crippen molar-refractivity contribution in [3.63, 3.8) is 0 Å². The summed E-state index contributed by atoms with van der Waals surface area (Å²) in [6, 6.07) is 7.77. The van der Waals surface area contributed by atoms with E-state index in [1.54, 1.807) is 21.7 Å². The summed E-state index contributed by atoms with van der Waals surface area (Å²) >= 11 is 0. The highest BCUT2D eigenvalue weighted by Crippen LogP contribution is 2.24. The van der Waals surface area contributed by atoms with Crippen LogP contribution in [0.4, 0.5) is 0 Å². The number of rotatable bonds is 5. The molecular weight excluding hydrogens is 425 g/mol. The summed E-state index contributed by atoms with van der Waals surface area (Å²) in [6.45, 7) is 0.732. The maximum Gasteiger partial charge on any atom is 0.337 e. The van der Waals surface area contributed by atoms with Crippen molar-refractivity contribution >= 4 is 42.3 Å². The van der Waals surface area contributed by atoms with Gasteiger partial charge in [-0.05, 0) is 31.0 Å². The summed E-state index contributed by atoms with van der Waals surface area (Å²) in [7, 11) is 7.00. The molecule has 2 radical (unpaired) electrons. The first kappa shape index (κ1) is 22.3. The van der Waals surface area contributed by atoms with E-state index in [2.05, 4.69) is 20.0 Å². The van der Waals surface area contributed by atoms with Crippen molar-refractivity contribution in [2.24, 2.45) is 0 Å². The third-order valence-electron chi connectivity index (χ3n) is 5.71. The number of H-pyrrole nitrogens is 1. The Bertz CT molecular complexity index is 1280. The van der Waals surface area contributed by atoms with E-state index in [0.29, 0.717) is 31.6 Å². The van der Waals surface area contributed by atoms with E-state index in [1.165, 1.54) is 25.3 Å². The van der Waals surface area contributed by atoms with E-state index in [9.17, 15) is 19.2 Å². The van der Waals surface area contributed by atoms with Crippen LogP contribution in [0.3, 0.4) is 0 Å². The van der Waals surface area contributed by atoms with Crippen LogP contribution in [0.2, 0.25) is 0 Å². The van der Waals surface area contributed by atoms with E-state index in [0.717, 1.165) is 5.52 Å². The number of aromatic amines is 1. The number of carbonyl (C=O) groups is 3. The lowest BCUT2D eigenvalue weighted by Crippen LogP contribution is -2.45. The Morgan fingerprint density at radius 2 is 1.94 bits per heavy atom. The van der Waals surface area contributed by atoms with Crippen molar-refractivity contribution in [1.29, 1.82) is 0 Å². The highest BCUT2D eigenvalue weighted by atomic mass is 16.5. The monoisotopic (exact) mass is 447 g/mol. The lowest BCUT2D eigenvalue weighted by Gasteiger charge is -2.32. The van der Waals surface area contributed by atoms with Crippen molar-refractivity contribution in [1.82, 2.24) is 24.8 Å². The number of carbonyl (C=O) groups excluding carboxylic acids is 3. The number of fused-ring (bicyclic) bond motifs is 1. The minimum absolute atomic E-state index is 0.0434. The molecule has 11 heteroatoms. The number of pyridine rings is 1. The Hall–Kier alpha value is -3.89. The molecule has 1 saturated heterocycles. The van der Waals surface area contributed by atoms with E-state index >= 15 is 0 Å². The molecule has 1 fully saturated rings. The fourth-order valence-corrected chi connectivity index (χ4v) is 4.08. The van der Waals surface area contributed by atoms with Crippen LogP contribution in [-0.2, 0) is 9.53 Å². The molecule has 0 aliphatic carbocycles. The zero-order chi connectivity index (χ0) is 23.5. The number of hydrogen-bond donors (Lipinski definition) is 2.